The summed E-state index contributed by atoms with van der Waals surface area (Å²) in [6.07, 6.45) is 2.59. The highest BCUT2D eigenvalue weighted by molar-refractivity contribution is 6.30. The standard InChI is InChI=1S/C19H21ClN2O/c1-13(15-4-6-16(20)7-5-15)22(18-10-11-18)19(23)12-14-2-8-17(21)9-3-14/h2-9,13,18H,10-12,21H2,1H3. The Balaban J connectivity index is 1.76. The molecule has 1 aliphatic rings. The highest BCUT2D eigenvalue weighted by Crippen LogP contribution is 2.35. The van der Waals surface area contributed by atoms with Crippen molar-refractivity contribution in [3.8, 4) is 0 Å². The van der Waals surface area contributed by atoms with E-state index in [9.17, 15) is 4.79 Å². The van der Waals surface area contributed by atoms with Gasteiger partial charge in [-0.3, -0.25) is 4.79 Å². The topological polar surface area (TPSA) is 46.3 Å². The van der Waals surface area contributed by atoms with Gasteiger partial charge in [-0.15, -0.1) is 0 Å². The number of hydrogen-bond acceptors (Lipinski definition) is 2. The van der Waals surface area contributed by atoms with Gasteiger partial charge in [0.25, 0.3) is 0 Å². The molecule has 1 amide bonds. The molecule has 0 bridgehead atoms. The van der Waals surface area contributed by atoms with Crippen LogP contribution in [-0.2, 0) is 11.2 Å². The van der Waals surface area contributed by atoms with Gasteiger partial charge < -0.3 is 10.6 Å². The lowest BCUT2D eigenvalue weighted by molar-refractivity contribution is -0.133. The lowest BCUT2D eigenvalue weighted by Gasteiger charge is -2.30. The molecule has 1 atom stereocenters. The summed E-state index contributed by atoms with van der Waals surface area (Å²) in [5, 5.41) is 0.715. The van der Waals surface area contributed by atoms with Crippen molar-refractivity contribution in [1.29, 1.82) is 0 Å². The SMILES string of the molecule is CC(c1ccc(Cl)cc1)N(C(=O)Cc1ccc(N)cc1)C1CC1. The van der Waals surface area contributed by atoms with E-state index >= 15 is 0 Å². The molecule has 23 heavy (non-hydrogen) atoms. The molecule has 1 aliphatic carbocycles. The van der Waals surface area contributed by atoms with Crippen molar-refractivity contribution in [3.05, 3.63) is 64.7 Å². The van der Waals surface area contributed by atoms with E-state index in [0.29, 0.717) is 17.5 Å². The number of amides is 1. The van der Waals surface area contributed by atoms with Crippen LogP contribution in [0.4, 0.5) is 5.69 Å². The second kappa shape index (κ2) is 6.63. The first-order chi connectivity index (χ1) is 11.0. The minimum Gasteiger partial charge on any atom is -0.399 e. The molecule has 2 aromatic carbocycles. The Kier molecular flexibility index (Phi) is 4.58. The van der Waals surface area contributed by atoms with Gasteiger partial charge in [-0.25, -0.2) is 0 Å². The number of anilines is 1. The van der Waals surface area contributed by atoms with Gasteiger partial charge in [0.2, 0.25) is 5.91 Å². The Morgan fingerprint density at radius 3 is 2.35 bits per heavy atom. The third-order valence-corrected chi connectivity index (χ3v) is 4.58. The predicted molar refractivity (Wildman–Crippen MR) is 94.3 cm³/mol. The van der Waals surface area contributed by atoms with Crippen LogP contribution >= 0.6 is 11.6 Å². The second-order valence-electron chi connectivity index (χ2n) is 6.18. The van der Waals surface area contributed by atoms with Gasteiger partial charge in [0.05, 0.1) is 12.5 Å². The summed E-state index contributed by atoms with van der Waals surface area (Å²) in [4.78, 5) is 14.9. The van der Waals surface area contributed by atoms with Crippen LogP contribution in [-0.4, -0.2) is 16.8 Å². The van der Waals surface area contributed by atoms with Crippen molar-refractivity contribution in [2.24, 2.45) is 0 Å². The Bertz CT molecular complexity index is 678. The maximum absolute atomic E-state index is 12.8. The molecule has 0 aliphatic heterocycles. The number of hydrogen-bond donors (Lipinski definition) is 1. The minimum atomic E-state index is 0.0565. The fraction of sp³-hybridized carbons (Fsp3) is 0.316. The maximum atomic E-state index is 12.8. The first-order valence-corrected chi connectivity index (χ1v) is 8.33. The number of nitrogens with zero attached hydrogens (tertiary/aromatic N) is 1. The van der Waals surface area contributed by atoms with E-state index in [-0.39, 0.29) is 11.9 Å². The van der Waals surface area contributed by atoms with Crippen LogP contribution in [0.15, 0.2) is 48.5 Å². The second-order valence-corrected chi connectivity index (χ2v) is 6.61. The quantitative estimate of drug-likeness (QED) is 0.835. The first kappa shape index (κ1) is 15.9. The number of nitrogens with two attached hydrogens (primary N) is 1. The van der Waals surface area contributed by atoms with Crippen LogP contribution in [0, 0.1) is 0 Å². The Hall–Kier alpha value is -2.00. The number of benzene rings is 2. The molecule has 0 radical (unpaired) electrons. The zero-order chi connectivity index (χ0) is 16.4. The van der Waals surface area contributed by atoms with Crippen LogP contribution in [0.2, 0.25) is 5.02 Å². The van der Waals surface area contributed by atoms with E-state index < -0.39 is 0 Å². The summed E-state index contributed by atoms with van der Waals surface area (Å²) < 4.78 is 0. The summed E-state index contributed by atoms with van der Waals surface area (Å²) >= 11 is 5.96. The highest BCUT2D eigenvalue weighted by Gasteiger charge is 2.36. The average Bonchev–Trinajstić information content (AvgIpc) is 3.35. The highest BCUT2D eigenvalue weighted by atomic mass is 35.5. The summed E-state index contributed by atoms with van der Waals surface area (Å²) in [5.74, 6) is 0.166. The molecule has 4 heteroatoms. The van der Waals surface area contributed by atoms with Crippen molar-refractivity contribution < 1.29 is 4.79 Å². The van der Waals surface area contributed by atoms with Crippen molar-refractivity contribution in [2.75, 3.05) is 5.73 Å². The number of nitrogen functional groups attached to an aromatic ring is 1. The molecule has 120 valence electrons. The number of halogens is 1. The van der Waals surface area contributed by atoms with E-state index in [4.69, 9.17) is 17.3 Å². The van der Waals surface area contributed by atoms with Crippen LogP contribution < -0.4 is 5.73 Å². The Morgan fingerprint density at radius 2 is 1.78 bits per heavy atom. The van der Waals surface area contributed by atoms with Crippen LogP contribution in [0.3, 0.4) is 0 Å². The molecular formula is C19H21ClN2O. The van der Waals surface area contributed by atoms with Crippen LogP contribution in [0.5, 0.6) is 0 Å². The van der Waals surface area contributed by atoms with E-state index in [0.717, 1.165) is 29.7 Å². The smallest absolute Gasteiger partial charge is 0.227 e. The molecule has 2 N–H and O–H groups in total. The summed E-state index contributed by atoms with van der Waals surface area (Å²) in [5.41, 5.74) is 8.54. The molecule has 3 nitrogen and oxygen atoms in total. The monoisotopic (exact) mass is 328 g/mol. The normalized spacial score (nSPS) is 15.2. The molecule has 1 saturated carbocycles. The van der Waals surface area contributed by atoms with Gasteiger partial charge in [-0.05, 0) is 55.2 Å². The van der Waals surface area contributed by atoms with Crippen LogP contribution in [0.1, 0.15) is 36.9 Å². The average molecular weight is 329 g/mol. The van der Waals surface area contributed by atoms with E-state index in [1.54, 1.807) is 0 Å². The lowest BCUT2D eigenvalue weighted by Crippen LogP contribution is -2.36. The van der Waals surface area contributed by atoms with Crippen molar-refractivity contribution in [3.63, 3.8) is 0 Å². The van der Waals surface area contributed by atoms with Gasteiger partial charge >= 0.3 is 0 Å². The Labute approximate surface area is 142 Å². The zero-order valence-corrected chi connectivity index (χ0v) is 14.0. The van der Waals surface area contributed by atoms with Crippen molar-refractivity contribution in [2.45, 2.75) is 38.3 Å². The van der Waals surface area contributed by atoms with Crippen molar-refractivity contribution >= 4 is 23.2 Å². The number of carbonyl (C=O) groups is 1. The van der Waals surface area contributed by atoms with Gasteiger partial charge in [0.15, 0.2) is 0 Å². The molecule has 0 saturated heterocycles. The molecule has 0 heterocycles. The third kappa shape index (κ3) is 3.85. The molecule has 0 spiro atoms. The van der Waals surface area contributed by atoms with E-state index in [1.165, 1.54) is 0 Å². The molecular weight excluding hydrogens is 308 g/mol. The molecule has 0 aromatic heterocycles. The molecule has 1 fully saturated rings. The fourth-order valence-electron chi connectivity index (χ4n) is 2.89. The third-order valence-electron chi connectivity index (χ3n) is 4.33. The van der Waals surface area contributed by atoms with Crippen LogP contribution in [0.25, 0.3) is 0 Å². The summed E-state index contributed by atoms with van der Waals surface area (Å²) in [6, 6.07) is 15.7. The summed E-state index contributed by atoms with van der Waals surface area (Å²) in [6.45, 7) is 2.09. The maximum Gasteiger partial charge on any atom is 0.227 e. The molecule has 2 aromatic rings. The largest absolute Gasteiger partial charge is 0.399 e. The van der Waals surface area contributed by atoms with Gasteiger partial charge in [-0.1, -0.05) is 35.9 Å². The Morgan fingerprint density at radius 1 is 1.17 bits per heavy atom. The van der Waals surface area contributed by atoms with Gasteiger partial charge in [0, 0.05) is 16.8 Å². The predicted octanol–water partition coefficient (Wildman–Crippen LogP) is 4.22. The minimum absolute atomic E-state index is 0.0565. The zero-order valence-electron chi connectivity index (χ0n) is 13.2. The first-order valence-electron chi connectivity index (χ1n) is 7.95. The van der Waals surface area contributed by atoms with E-state index in [1.807, 2.05) is 53.4 Å². The summed E-state index contributed by atoms with van der Waals surface area (Å²) in [7, 11) is 0. The van der Waals surface area contributed by atoms with E-state index in [2.05, 4.69) is 6.92 Å². The van der Waals surface area contributed by atoms with Gasteiger partial charge in [0.1, 0.15) is 0 Å². The van der Waals surface area contributed by atoms with Crippen molar-refractivity contribution in [1.82, 2.24) is 4.90 Å². The molecule has 3 rings (SSSR count). The number of rotatable bonds is 5. The molecule has 1 unspecified atom stereocenters. The van der Waals surface area contributed by atoms with Gasteiger partial charge in [-0.2, -0.15) is 0 Å². The fourth-order valence-corrected chi connectivity index (χ4v) is 3.02. The lowest BCUT2D eigenvalue weighted by atomic mass is 10.0. The number of carbonyl (C=O) groups excluding carboxylic acids is 1.